The number of rotatable bonds is 1. The summed E-state index contributed by atoms with van der Waals surface area (Å²) in [4.78, 5) is 0. The van der Waals surface area contributed by atoms with Crippen LogP contribution in [0.2, 0.25) is 0 Å². The molecule has 1 aromatic rings. The van der Waals surface area contributed by atoms with Crippen LogP contribution in [-0.4, -0.2) is 19.8 Å². The van der Waals surface area contributed by atoms with Crippen molar-refractivity contribution in [2.24, 2.45) is 5.10 Å². The van der Waals surface area contributed by atoms with Gasteiger partial charge < -0.3 is 5.32 Å². The number of nitrogens with zero attached hydrogens (tertiary/aromatic N) is 2. The number of allylic oxidation sites excluding steroid dienone is 1. The molecule has 0 saturated carbocycles. The minimum atomic E-state index is 0.535. The predicted molar refractivity (Wildman–Crippen MR) is 68.6 cm³/mol. The van der Waals surface area contributed by atoms with E-state index in [9.17, 15) is 0 Å². The van der Waals surface area contributed by atoms with Crippen molar-refractivity contribution in [2.45, 2.75) is 12.8 Å². The molecule has 1 unspecified atom stereocenters. The van der Waals surface area contributed by atoms with E-state index >= 15 is 0 Å². The zero-order valence-electron chi connectivity index (χ0n) is 9.48. The molecule has 0 amide bonds. The minimum Gasteiger partial charge on any atom is -0.385 e. The highest BCUT2D eigenvalue weighted by molar-refractivity contribution is 5.76. The van der Waals surface area contributed by atoms with Crippen molar-refractivity contribution < 1.29 is 0 Å². The second kappa shape index (κ2) is 3.46. The van der Waals surface area contributed by atoms with Gasteiger partial charge in [0.25, 0.3) is 0 Å². The summed E-state index contributed by atoms with van der Waals surface area (Å²) in [5.41, 5.74) is 3.93. The van der Waals surface area contributed by atoms with Crippen LogP contribution < -0.4 is 9.91 Å². The number of hydrogen-bond donors (Lipinski definition) is 1. The summed E-state index contributed by atoms with van der Waals surface area (Å²) < 4.78 is 0.535. The zero-order valence-corrected chi connectivity index (χ0v) is 9.48. The Morgan fingerprint density at radius 3 is 3.12 bits per heavy atom. The van der Waals surface area contributed by atoms with Crippen molar-refractivity contribution in [1.29, 1.82) is 0 Å². The molecule has 0 aromatic heterocycles. The molecule has 1 N–H and O–H groups in total. The molecular weight excluding hydrogens is 198 g/mol. The number of benzene rings is 1. The summed E-state index contributed by atoms with van der Waals surface area (Å²) >= 11 is 0. The molecule has 2 aliphatic rings. The average Bonchev–Trinajstić information content (AvgIpc) is 2.77. The SMILES string of the molecule is C[N+]1(c2ccc3c(c2)CCCN3)C=CC=N1. The normalized spacial score (nSPS) is 26.6. The van der Waals surface area contributed by atoms with E-state index < -0.39 is 0 Å². The lowest BCUT2D eigenvalue weighted by atomic mass is 10.0. The molecule has 3 nitrogen and oxygen atoms in total. The highest BCUT2D eigenvalue weighted by Gasteiger charge is 2.25. The van der Waals surface area contributed by atoms with E-state index in [2.05, 4.69) is 41.9 Å². The van der Waals surface area contributed by atoms with Gasteiger partial charge in [0.2, 0.25) is 0 Å². The Kier molecular flexibility index (Phi) is 2.07. The third-order valence-corrected chi connectivity index (χ3v) is 3.32. The van der Waals surface area contributed by atoms with Crippen molar-refractivity contribution in [3.05, 3.63) is 36.0 Å². The molecule has 82 valence electrons. The molecule has 1 atom stereocenters. The molecule has 0 spiro atoms. The van der Waals surface area contributed by atoms with Gasteiger partial charge >= 0.3 is 0 Å². The summed E-state index contributed by atoms with van der Waals surface area (Å²) in [6, 6.07) is 6.60. The first-order valence-electron chi connectivity index (χ1n) is 5.75. The van der Waals surface area contributed by atoms with E-state index in [1.807, 2.05) is 12.3 Å². The fraction of sp³-hybridized carbons (Fsp3) is 0.308. The van der Waals surface area contributed by atoms with Crippen molar-refractivity contribution in [3.8, 4) is 0 Å². The second-order valence-corrected chi connectivity index (χ2v) is 4.50. The van der Waals surface area contributed by atoms with Crippen molar-refractivity contribution in [3.63, 3.8) is 0 Å². The maximum Gasteiger partial charge on any atom is 0.164 e. The fourth-order valence-corrected chi connectivity index (χ4v) is 2.32. The van der Waals surface area contributed by atoms with Gasteiger partial charge in [-0.15, -0.1) is 4.59 Å². The zero-order chi connectivity index (χ0) is 11.0. The largest absolute Gasteiger partial charge is 0.385 e. The second-order valence-electron chi connectivity index (χ2n) is 4.50. The van der Waals surface area contributed by atoms with E-state index in [-0.39, 0.29) is 0 Å². The van der Waals surface area contributed by atoms with E-state index in [0.717, 1.165) is 6.54 Å². The van der Waals surface area contributed by atoms with Gasteiger partial charge in [0.1, 0.15) is 13.2 Å². The Hall–Kier alpha value is -1.61. The number of anilines is 1. The summed E-state index contributed by atoms with van der Waals surface area (Å²) in [6.45, 7) is 1.09. The summed E-state index contributed by atoms with van der Waals surface area (Å²) in [5, 5.41) is 7.90. The Morgan fingerprint density at radius 2 is 2.31 bits per heavy atom. The number of quaternary nitrogens is 1. The number of nitrogens with one attached hydrogen (secondary N) is 1. The molecule has 0 fully saturated rings. The number of fused-ring (bicyclic) bond motifs is 1. The molecule has 0 saturated heterocycles. The first kappa shape index (κ1) is 9.60. The Balaban J connectivity index is 2.03. The quantitative estimate of drug-likeness (QED) is 0.714. The Morgan fingerprint density at radius 1 is 1.38 bits per heavy atom. The highest BCUT2D eigenvalue weighted by Crippen LogP contribution is 2.31. The molecule has 0 radical (unpaired) electrons. The fourth-order valence-electron chi connectivity index (χ4n) is 2.32. The summed E-state index contributed by atoms with van der Waals surface area (Å²) in [6.07, 6.45) is 8.34. The Labute approximate surface area is 95.7 Å². The van der Waals surface area contributed by atoms with Gasteiger partial charge in [-0.1, -0.05) is 5.10 Å². The monoisotopic (exact) mass is 214 g/mol. The van der Waals surface area contributed by atoms with Gasteiger partial charge in [-0.25, -0.2) is 0 Å². The van der Waals surface area contributed by atoms with Crippen LogP contribution in [0.25, 0.3) is 0 Å². The van der Waals surface area contributed by atoms with E-state index in [4.69, 9.17) is 0 Å². The number of hydrogen-bond acceptors (Lipinski definition) is 2. The van der Waals surface area contributed by atoms with Crippen molar-refractivity contribution in [2.75, 3.05) is 18.9 Å². The third kappa shape index (κ3) is 1.44. The maximum atomic E-state index is 4.47. The molecular formula is C13H16N3+. The van der Waals surface area contributed by atoms with Crippen LogP contribution in [0.5, 0.6) is 0 Å². The first-order valence-corrected chi connectivity index (χ1v) is 5.75. The van der Waals surface area contributed by atoms with Crippen LogP contribution in [0.3, 0.4) is 0 Å². The number of aryl methyl sites for hydroxylation is 1. The Bertz CT molecular complexity index is 462. The standard InChI is InChI=1S/C13H16N3/c1-16(9-3-8-15-16)12-5-6-13-11(10-12)4-2-7-14-13/h3,5-6,8-10,14H,2,4,7H2,1H3/q+1. The van der Waals surface area contributed by atoms with Gasteiger partial charge in [-0.05, 0) is 24.5 Å². The van der Waals surface area contributed by atoms with Crippen LogP contribution in [0.4, 0.5) is 11.4 Å². The van der Waals surface area contributed by atoms with Gasteiger partial charge in [0.15, 0.2) is 5.69 Å². The topological polar surface area (TPSA) is 24.4 Å². The van der Waals surface area contributed by atoms with Gasteiger partial charge in [0.05, 0.1) is 6.21 Å². The molecule has 0 bridgehead atoms. The van der Waals surface area contributed by atoms with Crippen LogP contribution in [-0.2, 0) is 6.42 Å². The van der Waals surface area contributed by atoms with Gasteiger partial charge in [0, 0.05) is 30.4 Å². The lowest BCUT2D eigenvalue weighted by molar-refractivity contribution is 0.484. The molecule has 1 aromatic carbocycles. The molecule has 3 heteroatoms. The lowest BCUT2D eigenvalue weighted by Gasteiger charge is -2.23. The molecule has 16 heavy (non-hydrogen) atoms. The summed E-state index contributed by atoms with van der Waals surface area (Å²) in [5.74, 6) is 0. The van der Waals surface area contributed by atoms with Crippen LogP contribution in [0.15, 0.2) is 35.6 Å². The first-order chi connectivity index (χ1) is 7.78. The van der Waals surface area contributed by atoms with Gasteiger partial charge in [-0.3, -0.25) is 0 Å². The maximum absolute atomic E-state index is 4.47. The molecule has 2 heterocycles. The predicted octanol–water partition coefficient (Wildman–Crippen LogP) is 2.49. The van der Waals surface area contributed by atoms with Crippen LogP contribution in [0.1, 0.15) is 12.0 Å². The van der Waals surface area contributed by atoms with Crippen LogP contribution in [0, 0.1) is 0 Å². The van der Waals surface area contributed by atoms with E-state index in [1.54, 1.807) is 0 Å². The van der Waals surface area contributed by atoms with Crippen LogP contribution >= 0.6 is 0 Å². The minimum absolute atomic E-state index is 0.535. The molecule has 0 aliphatic carbocycles. The third-order valence-electron chi connectivity index (χ3n) is 3.32. The smallest absolute Gasteiger partial charge is 0.164 e. The highest BCUT2D eigenvalue weighted by atomic mass is 15.6. The van der Waals surface area contributed by atoms with E-state index in [1.165, 1.54) is 29.8 Å². The molecule has 3 rings (SSSR count). The molecule has 2 aliphatic heterocycles. The van der Waals surface area contributed by atoms with E-state index in [0.29, 0.717) is 4.59 Å². The lowest BCUT2D eigenvalue weighted by Crippen LogP contribution is -2.30. The summed E-state index contributed by atoms with van der Waals surface area (Å²) in [7, 11) is 2.10. The van der Waals surface area contributed by atoms with Crippen molar-refractivity contribution in [1.82, 2.24) is 4.59 Å². The average molecular weight is 214 g/mol. The van der Waals surface area contributed by atoms with Gasteiger partial charge in [-0.2, -0.15) is 0 Å². The van der Waals surface area contributed by atoms with Crippen molar-refractivity contribution >= 4 is 17.6 Å².